The molecule has 1 aromatic carbocycles. The monoisotopic (exact) mass is 521 g/mol. The summed E-state index contributed by atoms with van der Waals surface area (Å²) < 4.78 is 5.54. The first-order chi connectivity index (χ1) is 18.5. The van der Waals surface area contributed by atoms with Gasteiger partial charge in [-0.25, -0.2) is 14.6 Å². The summed E-state index contributed by atoms with van der Waals surface area (Å²) in [4.78, 5) is 41.2. The van der Waals surface area contributed by atoms with Crippen LogP contribution in [-0.4, -0.2) is 87.0 Å². The number of hydrogen-bond acceptors (Lipinski definition) is 9. The van der Waals surface area contributed by atoms with Crippen molar-refractivity contribution in [1.29, 1.82) is 5.26 Å². The average Bonchev–Trinajstić information content (AvgIpc) is 3.59. The van der Waals surface area contributed by atoms with Crippen LogP contribution in [0.15, 0.2) is 30.3 Å². The number of ether oxygens (including phenoxy) is 1. The van der Waals surface area contributed by atoms with Crippen LogP contribution < -0.4 is 9.80 Å². The molecule has 2 amide bonds. The molecular formula is C26H31N7O5. The van der Waals surface area contributed by atoms with Crippen LogP contribution >= 0.6 is 0 Å². The molecular weight excluding hydrogens is 490 g/mol. The smallest absolute Gasteiger partial charge is 0.410 e. The summed E-state index contributed by atoms with van der Waals surface area (Å²) in [6.45, 7) is 2.32. The van der Waals surface area contributed by atoms with Crippen molar-refractivity contribution in [3.63, 3.8) is 0 Å². The first kappa shape index (κ1) is 25.5. The van der Waals surface area contributed by atoms with Crippen molar-refractivity contribution in [2.24, 2.45) is 0 Å². The number of aromatic nitrogens is 2. The lowest BCUT2D eigenvalue weighted by atomic mass is 10.1. The van der Waals surface area contributed by atoms with Gasteiger partial charge < -0.3 is 29.6 Å². The highest BCUT2D eigenvalue weighted by Gasteiger charge is 2.37. The molecule has 0 unspecified atom stereocenters. The Bertz CT molecular complexity index is 1220. The Morgan fingerprint density at radius 2 is 1.92 bits per heavy atom. The number of carbonyl (C=O) groups excluding carboxylic acids is 1. The van der Waals surface area contributed by atoms with Gasteiger partial charge in [-0.15, -0.1) is 0 Å². The number of aliphatic hydroxyl groups is 1. The molecule has 0 saturated carbocycles. The summed E-state index contributed by atoms with van der Waals surface area (Å²) >= 11 is 0. The second kappa shape index (κ2) is 11.1. The quantitative estimate of drug-likeness (QED) is 0.580. The molecule has 3 aliphatic rings. The number of carbonyl (C=O) groups is 2. The standard InChI is InChI=1S/C26H31N7O5/c27-9-8-19-13-30(11-12-33(19)26(37)38-17-18-5-2-1-3-6-18)23-21-14-31(25(35)36)15-22(21)28-24(29-23)32-10-4-7-20(32)16-34/h1-3,5-6,19-20,34H,4,7-8,10-17H2,(H,35,36)/t19-,20-/m0/s1. The minimum absolute atomic E-state index is 0.00889. The third-order valence-electron chi connectivity index (χ3n) is 7.41. The van der Waals surface area contributed by atoms with Gasteiger partial charge in [-0.3, -0.25) is 4.90 Å². The van der Waals surface area contributed by atoms with Gasteiger partial charge in [0.25, 0.3) is 0 Å². The minimum Gasteiger partial charge on any atom is -0.465 e. The summed E-state index contributed by atoms with van der Waals surface area (Å²) in [6.07, 6.45) is 0.370. The zero-order valence-electron chi connectivity index (χ0n) is 21.1. The molecule has 3 aliphatic heterocycles. The number of piperazine rings is 1. The van der Waals surface area contributed by atoms with Crippen LogP contribution in [0.1, 0.15) is 36.1 Å². The number of rotatable bonds is 6. The Morgan fingerprint density at radius 3 is 2.66 bits per heavy atom. The second-order valence-electron chi connectivity index (χ2n) is 9.78. The SMILES string of the molecule is N#CC[C@H]1CN(c2nc(N3CCC[C@H]3CO)nc3c2CN(C(=O)O)C3)CCN1C(=O)OCc1ccccc1. The van der Waals surface area contributed by atoms with E-state index in [9.17, 15) is 25.1 Å². The minimum atomic E-state index is -1.03. The Morgan fingerprint density at radius 1 is 1.11 bits per heavy atom. The number of fused-ring (bicyclic) bond motifs is 1. The zero-order chi connectivity index (χ0) is 26.6. The second-order valence-corrected chi connectivity index (χ2v) is 9.78. The summed E-state index contributed by atoms with van der Waals surface area (Å²) in [5, 5.41) is 29.0. The van der Waals surface area contributed by atoms with Crippen molar-refractivity contribution in [3.05, 3.63) is 47.2 Å². The van der Waals surface area contributed by atoms with Gasteiger partial charge in [-0.2, -0.15) is 10.2 Å². The van der Waals surface area contributed by atoms with Crippen molar-refractivity contribution in [2.75, 3.05) is 42.6 Å². The molecule has 2 atom stereocenters. The van der Waals surface area contributed by atoms with Crippen LogP contribution in [0, 0.1) is 11.3 Å². The van der Waals surface area contributed by atoms with E-state index in [1.54, 1.807) is 4.90 Å². The van der Waals surface area contributed by atoms with Crippen molar-refractivity contribution < 1.29 is 24.5 Å². The van der Waals surface area contributed by atoms with Crippen LogP contribution in [-0.2, 0) is 24.4 Å². The van der Waals surface area contributed by atoms with Gasteiger partial charge in [0.2, 0.25) is 5.95 Å². The van der Waals surface area contributed by atoms with Crippen molar-refractivity contribution in [1.82, 2.24) is 19.8 Å². The lowest BCUT2D eigenvalue weighted by molar-refractivity contribution is 0.0767. The van der Waals surface area contributed by atoms with E-state index in [-0.39, 0.29) is 38.8 Å². The molecule has 2 saturated heterocycles. The summed E-state index contributed by atoms with van der Waals surface area (Å²) in [6, 6.07) is 11.1. The number of anilines is 2. The fourth-order valence-corrected chi connectivity index (χ4v) is 5.41. The van der Waals surface area contributed by atoms with Gasteiger partial charge in [-0.05, 0) is 18.4 Å². The van der Waals surface area contributed by atoms with E-state index in [4.69, 9.17) is 14.7 Å². The molecule has 12 nitrogen and oxygen atoms in total. The van der Waals surface area contributed by atoms with Crippen molar-refractivity contribution in [2.45, 2.75) is 51.0 Å². The molecule has 0 radical (unpaired) electrons. The Hall–Kier alpha value is -4.11. The number of nitriles is 1. The highest BCUT2D eigenvalue weighted by molar-refractivity contribution is 5.70. The van der Waals surface area contributed by atoms with Crippen LogP contribution in [0.2, 0.25) is 0 Å². The first-order valence-electron chi connectivity index (χ1n) is 12.8. The molecule has 5 rings (SSSR count). The summed E-state index contributed by atoms with van der Waals surface area (Å²) in [5.74, 6) is 1.10. The van der Waals surface area contributed by atoms with Crippen LogP contribution in [0.4, 0.5) is 21.4 Å². The van der Waals surface area contributed by atoms with E-state index in [0.29, 0.717) is 43.6 Å². The number of benzene rings is 1. The number of nitrogens with zero attached hydrogens (tertiary/aromatic N) is 7. The Kier molecular flexibility index (Phi) is 7.46. The molecule has 2 aromatic rings. The molecule has 0 aliphatic carbocycles. The predicted molar refractivity (Wildman–Crippen MR) is 136 cm³/mol. The molecule has 2 N–H and O–H groups in total. The van der Waals surface area contributed by atoms with Gasteiger partial charge in [0.05, 0.1) is 50.0 Å². The van der Waals surface area contributed by atoms with Gasteiger partial charge >= 0.3 is 12.2 Å². The van der Waals surface area contributed by atoms with Crippen molar-refractivity contribution in [3.8, 4) is 6.07 Å². The number of hydrogen-bond donors (Lipinski definition) is 2. The van der Waals surface area contributed by atoms with Crippen LogP contribution in [0.5, 0.6) is 0 Å². The fourth-order valence-electron chi connectivity index (χ4n) is 5.41. The zero-order valence-corrected chi connectivity index (χ0v) is 21.1. The largest absolute Gasteiger partial charge is 0.465 e. The van der Waals surface area contributed by atoms with Crippen LogP contribution in [0.25, 0.3) is 0 Å². The predicted octanol–water partition coefficient (Wildman–Crippen LogP) is 2.17. The van der Waals surface area contributed by atoms with Crippen LogP contribution in [0.3, 0.4) is 0 Å². The van der Waals surface area contributed by atoms with Gasteiger partial charge in [-0.1, -0.05) is 30.3 Å². The van der Waals surface area contributed by atoms with Gasteiger partial charge in [0.1, 0.15) is 12.4 Å². The molecule has 0 bridgehead atoms. The van der Waals surface area contributed by atoms with Gasteiger partial charge in [0, 0.05) is 31.7 Å². The number of aliphatic hydroxyl groups excluding tert-OH is 1. The Balaban J connectivity index is 1.38. The van der Waals surface area contributed by atoms with E-state index in [1.807, 2.05) is 40.1 Å². The molecule has 2 fully saturated rings. The highest BCUT2D eigenvalue weighted by Crippen LogP contribution is 2.34. The number of amides is 2. The average molecular weight is 522 g/mol. The first-order valence-corrected chi connectivity index (χ1v) is 12.8. The van der Waals surface area contributed by atoms with E-state index >= 15 is 0 Å². The van der Waals surface area contributed by atoms with Gasteiger partial charge in [0.15, 0.2) is 0 Å². The third kappa shape index (κ3) is 5.15. The van der Waals surface area contributed by atoms with E-state index in [0.717, 1.165) is 24.0 Å². The maximum absolute atomic E-state index is 13.0. The lowest BCUT2D eigenvalue weighted by Crippen LogP contribution is -2.55. The normalized spacial score (nSPS) is 20.8. The molecule has 200 valence electrons. The topological polar surface area (TPSA) is 146 Å². The molecule has 12 heteroatoms. The molecule has 38 heavy (non-hydrogen) atoms. The number of carboxylic acid groups (broad SMARTS) is 1. The van der Waals surface area contributed by atoms with Crippen molar-refractivity contribution >= 4 is 24.0 Å². The highest BCUT2D eigenvalue weighted by atomic mass is 16.6. The molecule has 0 spiro atoms. The Labute approximate surface area is 220 Å². The lowest BCUT2D eigenvalue weighted by Gasteiger charge is -2.41. The maximum atomic E-state index is 13.0. The third-order valence-corrected chi connectivity index (χ3v) is 7.41. The molecule has 1 aromatic heterocycles. The maximum Gasteiger partial charge on any atom is 0.410 e. The van der Waals surface area contributed by atoms with E-state index < -0.39 is 18.2 Å². The van der Waals surface area contributed by atoms with E-state index in [2.05, 4.69) is 6.07 Å². The molecule has 4 heterocycles. The summed E-state index contributed by atoms with van der Waals surface area (Å²) in [5.41, 5.74) is 2.27. The van der Waals surface area contributed by atoms with E-state index in [1.165, 1.54) is 4.90 Å². The summed E-state index contributed by atoms with van der Waals surface area (Å²) in [7, 11) is 0. The fraction of sp³-hybridized carbons (Fsp3) is 0.500.